The molecule has 0 unspecified atom stereocenters. The third-order valence-corrected chi connectivity index (χ3v) is 3.80. The largest absolute Gasteiger partial charge is 0.368 e. The number of thiocarbonyl (C=S) groups is 1. The van der Waals surface area contributed by atoms with Gasteiger partial charge in [-0.3, -0.25) is 0 Å². The highest BCUT2D eigenvalue weighted by Crippen LogP contribution is 2.19. The number of benzene rings is 1. The summed E-state index contributed by atoms with van der Waals surface area (Å²) in [6, 6.07) is 8.41. The van der Waals surface area contributed by atoms with Gasteiger partial charge in [0.25, 0.3) is 0 Å². The molecule has 104 valence electrons. The number of piperazine rings is 1. The van der Waals surface area contributed by atoms with Gasteiger partial charge in [-0.1, -0.05) is 11.6 Å². The van der Waals surface area contributed by atoms with Crippen LogP contribution in [0, 0.1) is 0 Å². The van der Waals surface area contributed by atoms with Crippen molar-refractivity contribution < 1.29 is 0 Å². The Bertz CT molecular complexity index is 425. The molecule has 19 heavy (non-hydrogen) atoms. The molecule has 1 heterocycles. The molecule has 1 N–H and O–H groups in total. The van der Waals surface area contributed by atoms with Crippen LogP contribution in [-0.2, 0) is 0 Å². The summed E-state index contributed by atoms with van der Waals surface area (Å²) in [4.78, 5) is 4.60. The van der Waals surface area contributed by atoms with E-state index in [1.165, 1.54) is 5.69 Å². The van der Waals surface area contributed by atoms with Crippen molar-refractivity contribution in [2.75, 3.05) is 31.1 Å². The normalized spacial score (nSPS) is 15.8. The summed E-state index contributed by atoms with van der Waals surface area (Å²) < 4.78 is 0. The first-order valence-corrected chi connectivity index (χ1v) is 7.41. The smallest absolute Gasteiger partial charge is 0.169 e. The number of nitrogens with zero attached hydrogens (tertiary/aromatic N) is 2. The van der Waals surface area contributed by atoms with Crippen molar-refractivity contribution in [3.63, 3.8) is 0 Å². The molecule has 3 nitrogen and oxygen atoms in total. The van der Waals surface area contributed by atoms with Gasteiger partial charge >= 0.3 is 0 Å². The molecule has 0 atom stereocenters. The lowest BCUT2D eigenvalue weighted by atomic mass is 10.2. The fourth-order valence-electron chi connectivity index (χ4n) is 2.16. The van der Waals surface area contributed by atoms with E-state index in [2.05, 4.69) is 41.1 Å². The standard InChI is InChI=1S/C14H20ClN3S/c1-11(2)16-14(19)18-9-7-17(8-10-18)13-5-3-12(15)4-6-13/h3-6,11H,7-10H2,1-2H3,(H,16,19). The lowest BCUT2D eigenvalue weighted by Crippen LogP contribution is -2.52. The molecule has 0 saturated carbocycles. The second-order valence-corrected chi connectivity index (χ2v) is 5.88. The maximum Gasteiger partial charge on any atom is 0.169 e. The first-order chi connectivity index (χ1) is 9.06. The Morgan fingerprint density at radius 1 is 1.16 bits per heavy atom. The summed E-state index contributed by atoms with van der Waals surface area (Å²) in [5.41, 5.74) is 1.23. The molecule has 5 heteroatoms. The lowest BCUT2D eigenvalue weighted by Gasteiger charge is -2.37. The highest BCUT2D eigenvalue weighted by molar-refractivity contribution is 7.80. The quantitative estimate of drug-likeness (QED) is 0.846. The molecule has 1 aliphatic rings. The maximum atomic E-state index is 5.91. The van der Waals surface area contributed by atoms with Gasteiger partial charge in [0.15, 0.2) is 5.11 Å². The van der Waals surface area contributed by atoms with Crippen molar-refractivity contribution in [1.82, 2.24) is 10.2 Å². The predicted molar refractivity (Wildman–Crippen MR) is 86.1 cm³/mol. The first kappa shape index (κ1) is 14.4. The van der Waals surface area contributed by atoms with Crippen LogP contribution in [0.1, 0.15) is 13.8 Å². The zero-order valence-corrected chi connectivity index (χ0v) is 13.0. The summed E-state index contributed by atoms with van der Waals surface area (Å²) in [7, 11) is 0. The zero-order chi connectivity index (χ0) is 13.8. The van der Waals surface area contributed by atoms with Gasteiger partial charge in [-0.15, -0.1) is 0 Å². The third kappa shape index (κ3) is 3.98. The van der Waals surface area contributed by atoms with Crippen LogP contribution in [0.4, 0.5) is 5.69 Å². The van der Waals surface area contributed by atoms with Crippen LogP contribution in [0.15, 0.2) is 24.3 Å². The molecule has 1 aromatic carbocycles. The predicted octanol–water partition coefficient (Wildman–Crippen LogP) is 2.74. The van der Waals surface area contributed by atoms with Gasteiger partial charge in [-0.2, -0.15) is 0 Å². The van der Waals surface area contributed by atoms with E-state index in [1.54, 1.807) is 0 Å². The Morgan fingerprint density at radius 2 is 1.74 bits per heavy atom. The van der Waals surface area contributed by atoms with Gasteiger partial charge < -0.3 is 15.1 Å². The fourth-order valence-corrected chi connectivity index (χ4v) is 2.70. The van der Waals surface area contributed by atoms with Crippen LogP contribution >= 0.6 is 23.8 Å². The number of nitrogens with one attached hydrogen (secondary N) is 1. The van der Waals surface area contributed by atoms with Crippen LogP contribution in [0.5, 0.6) is 0 Å². The molecule has 1 aromatic rings. The number of halogens is 1. The summed E-state index contributed by atoms with van der Waals surface area (Å²) in [6.07, 6.45) is 0. The molecular weight excluding hydrogens is 278 g/mol. The van der Waals surface area contributed by atoms with Crippen LogP contribution in [0.3, 0.4) is 0 Å². The molecule has 0 aromatic heterocycles. The minimum Gasteiger partial charge on any atom is -0.368 e. The fraction of sp³-hybridized carbons (Fsp3) is 0.500. The number of hydrogen-bond acceptors (Lipinski definition) is 2. The van der Waals surface area contributed by atoms with E-state index in [1.807, 2.05) is 12.1 Å². The van der Waals surface area contributed by atoms with E-state index in [-0.39, 0.29) is 0 Å². The molecule has 2 rings (SSSR count). The lowest BCUT2D eigenvalue weighted by molar-refractivity contribution is 0.377. The highest BCUT2D eigenvalue weighted by Gasteiger charge is 2.19. The molecule has 1 fully saturated rings. The van der Waals surface area contributed by atoms with Crippen LogP contribution < -0.4 is 10.2 Å². The van der Waals surface area contributed by atoms with Gasteiger partial charge in [0.2, 0.25) is 0 Å². The average molecular weight is 298 g/mol. The van der Waals surface area contributed by atoms with E-state index < -0.39 is 0 Å². The van der Waals surface area contributed by atoms with E-state index in [0.29, 0.717) is 6.04 Å². The van der Waals surface area contributed by atoms with Gasteiger partial charge in [0, 0.05) is 42.9 Å². The minimum atomic E-state index is 0.391. The monoisotopic (exact) mass is 297 g/mol. The molecule has 0 radical (unpaired) electrons. The van der Waals surface area contributed by atoms with Crippen LogP contribution in [-0.4, -0.2) is 42.2 Å². The second-order valence-electron chi connectivity index (χ2n) is 5.05. The Balaban J connectivity index is 1.88. The first-order valence-electron chi connectivity index (χ1n) is 6.62. The molecule has 0 amide bonds. The van der Waals surface area contributed by atoms with Crippen molar-refractivity contribution in [1.29, 1.82) is 0 Å². The van der Waals surface area contributed by atoms with E-state index in [4.69, 9.17) is 23.8 Å². The number of anilines is 1. The zero-order valence-electron chi connectivity index (χ0n) is 11.4. The van der Waals surface area contributed by atoms with E-state index in [0.717, 1.165) is 36.3 Å². The molecular formula is C14H20ClN3S. The second kappa shape index (κ2) is 6.44. The summed E-state index contributed by atoms with van der Waals surface area (Å²) in [5, 5.41) is 4.94. The topological polar surface area (TPSA) is 18.5 Å². The highest BCUT2D eigenvalue weighted by atomic mass is 35.5. The molecule has 1 aliphatic heterocycles. The summed E-state index contributed by atoms with van der Waals surface area (Å²) in [5.74, 6) is 0. The third-order valence-electron chi connectivity index (χ3n) is 3.17. The van der Waals surface area contributed by atoms with Crippen LogP contribution in [0.25, 0.3) is 0 Å². The van der Waals surface area contributed by atoms with Gasteiger partial charge in [0.05, 0.1) is 0 Å². The van der Waals surface area contributed by atoms with E-state index in [9.17, 15) is 0 Å². The maximum absolute atomic E-state index is 5.91. The molecule has 0 spiro atoms. The Hall–Kier alpha value is -1.00. The summed E-state index contributed by atoms with van der Waals surface area (Å²) in [6.45, 7) is 8.11. The van der Waals surface area contributed by atoms with Gasteiger partial charge in [0.1, 0.15) is 0 Å². The molecule has 0 bridgehead atoms. The number of rotatable bonds is 2. The van der Waals surface area contributed by atoms with Crippen molar-refractivity contribution in [3.05, 3.63) is 29.3 Å². The Labute approximate surface area is 125 Å². The van der Waals surface area contributed by atoms with Crippen molar-refractivity contribution in [2.24, 2.45) is 0 Å². The van der Waals surface area contributed by atoms with Crippen molar-refractivity contribution in [3.8, 4) is 0 Å². The number of hydrogen-bond donors (Lipinski definition) is 1. The Morgan fingerprint density at radius 3 is 2.26 bits per heavy atom. The molecule has 1 saturated heterocycles. The minimum absolute atomic E-state index is 0.391. The van der Waals surface area contributed by atoms with Gasteiger partial charge in [-0.05, 0) is 50.3 Å². The SMILES string of the molecule is CC(C)NC(=S)N1CCN(c2ccc(Cl)cc2)CC1. The van der Waals surface area contributed by atoms with Gasteiger partial charge in [-0.25, -0.2) is 0 Å². The summed E-state index contributed by atoms with van der Waals surface area (Å²) >= 11 is 11.3. The van der Waals surface area contributed by atoms with Crippen molar-refractivity contribution in [2.45, 2.75) is 19.9 Å². The average Bonchev–Trinajstić information content (AvgIpc) is 2.39. The molecule has 0 aliphatic carbocycles. The van der Waals surface area contributed by atoms with E-state index >= 15 is 0 Å². The van der Waals surface area contributed by atoms with Crippen LogP contribution in [0.2, 0.25) is 5.02 Å². The van der Waals surface area contributed by atoms with Crippen molar-refractivity contribution >= 4 is 34.6 Å². The Kier molecular flexibility index (Phi) is 4.88.